The van der Waals surface area contributed by atoms with Crippen molar-refractivity contribution < 1.29 is 9.15 Å². The van der Waals surface area contributed by atoms with Gasteiger partial charge in [-0.15, -0.1) is 0 Å². The summed E-state index contributed by atoms with van der Waals surface area (Å²) >= 11 is 0. The molecule has 5 nitrogen and oxygen atoms in total. The van der Waals surface area contributed by atoms with Crippen molar-refractivity contribution in [3.05, 3.63) is 63.6 Å². The van der Waals surface area contributed by atoms with Crippen molar-refractivity contribution in [1.29, 1.82) is 5.26 Å². The second kappa shape index (κ2) is 4.89. The molecule has 0 unspecified atom stereocenters. The maximum atomic E-state index is 12.4. The molecule has 4 rings (SSSR count). The molecular formula is C18H12N2O3. The van der Waals surface area contributed by atoms with Gasteiger partial charge in [0.15, 0.2) is 0 Å². The first-order chi connectivity index (χ1) is 11.2. The van der Waals surface area contributed by atoms with Gasteiger partial charge in [0.2, 0.25) is 0 Å². The van der Waals surface area contributed by atoms with Gasteiger partial charge in [-0.2, -0.15) is 5.26 Å². The van der Waals surface area contributed by atoms with Crippen LogP contribution in [0.3, 0.4) is 0 Å². The van der Waals surface area contributed by atoms with Crippen molar-refractivity contribution in [3.8, 4) is 34.4 Å². The van der Waals surface area contributed by atoms with Crippen LogP contribution in [0.4, 0.5) is 0 Å². The molecule has 0 fully saturated rings. The third-order valence-electron chi connectivity index (χ3n) is 3.95. The number of para-hydroxylation sites is 1. The third kappa shape index (κ3) is 1.96. The van der Waals surface area contributed by atoms with Crippen molar-refractivity contribution in [2.75, 3.05) is 0 Å². The van der Waals surface area contributed by atoms with Gasteiger partial charge in [-0.3, -0.25) is 4.79 Å². The van der Waals surface area contributed by atoms with Crippen molar-refractivity contribution in [2.45, 2.75) is 13.5 Å². The number of aryl methyl sites for hydroxylation is 1. The summed E-state index contributed by atoms with van der Waals surface area (Å²) in [6.07, 6.45) is 0. The Bertz CT molecular complexity index is 1020. The summed E-state index contributed by atoms with van der Waals surface area (Å²) in [5, 5.41) is 9.41. The number of aromatic nitrogens is 1. The molecule has 1 aromatic carbocycles. The molecule has 1 aliphatic rings. The Kier molecular flexibility index (Phi) is 2.85. The Morgan fingerprint density at radius 2 is 2.04 bits per heavy atom. The summed E-state index contributed by atoms with van der Waals surface area (Å²) in [5.41, 5.74) is 2.37. The largest absolute Gasteiger partial charge is 0.488 e. The van der Waals surface area contributed by atoms with Crippen molar-refractivity contribution in [1.82, 2.24) is 4.98 Å². The molecule has 0 saturated carbocycles. The maximum Gasteiger partial charge on any atom is 0.267 e. The molecule has 3 heterocycles. The molecule has 0 spiro atoms. The Hall–Kier alpha value is -3.26. The molecule has 0 aliphatic carbocycles. The molecule has 0 amide bonds. The number of benzene rings is 1. The number of aromatic amines is 1. The van der Waals surface area contributed by atoms with Crippen LogP contribution < -0.4 is 10.3 Å². The molecule has 2 aromatic heterocycles. The predicted octanol–water partition coefficient (Wildman–Crippen LogP) is 3.37. The number of nitriles is 1. The van der Waals surface area contributed by atoms with Crippen LogP contribution in [-0.2, 0) is 6.61 Å². The Balaban J connectivity index is 2.10. The molecule has 112 valence electrons. The van der Waals surface area contributed by atoms with Crippen LogP contribution >= 0.6 is 0 Å². The van der Waals surface area contributed by atoms with E-state index in [1.807, 2.05) is 43.3 Å². The number of ether oxygens (including phenoxy) is 1. The summed E-state index contributed by atoms with van der Waals surface area (Å²) in [6.45, 7) is 2.09. The molecule has 0 saturated heterocycles. The predicted molar refractivity (Wildman–Crippen MR) is 84.0 cm³/mol. The van der Waals surface area contributed by atoms with Crippen molar-refractivity contribution >= 4 is 0 Å². The van der Waals surface area contributed by atoms with Crippen LogP contribution in [0.15, 0.2) is 45.6 Å². The smallest absolute Gasteiger partial charge is 0.267 e. The monoisotopic (exact) mass is 304 g/mol. The SMILES string of the molecule is Cc1ccc(-c2c3c([nH]c(=O)c2C#N)-c2ccccc2OC3)o1. The Morgan fingerprint density at radius 3 is 2.78 bits per heavy atom. The van der Waals surface area contributed by atoms with Gasteiger partial charge < -0.3 is 14.1 Å². The van der Waals surface area contributed by atoms with Crippen LogP contribution in [0.2, 0.25) is 0 Å². The minimum absolute atomic E-state index is 0.0427. The maximum absolute atomic E-state index is 12.4. The molecule has 0 radical (unpaired) electrons. The first-order valence-corrected chi connectivity index (χ1v) is 7.17. The number of nitrogens with zero attached hydrogens (tertiary/aromatic N) is 1. The fraction of sp³-hybridized carbons (Fsp3) is 0.111. The number of nitrogens with one attached hydrogen (secondary N) is 1. The van der Waals surface area contributed by atoms with Gasteiger partial charge in [0, 0.05) is 16.7 Å². The highest BCUT2D eigenvalue weighted by Gasteiger charge is 2.26. The van der Waals surface area contributed by atoms with Crippen molar-refractivity contribution in [2.24, 2.45) is 0 Å². The van der Waals surface area contributed by atoms with Crippen LogP contribution in [0, 0.1) is 18.3 Å². The van der Waals surface area contributed by atoms with E-state index in [9.17, 15) is 10.1 Å². The normalized spacial score (nSPS) is 12.0. The fourth-order valence-corrected chi connectivity index (χ4v) is 2.91. The highest BCUT2D eigenvalue weighted by molar-refractivity contribution is 5.81. The number of hydrogen-bond acceptors (Lipinski definition) is 4. The average Bonchev–Trinajstić information content (AvgIpc) is 2.99. The lowest BCUT2D eigenvalue weighted by Gasteiger charge is -2.22. The van der Waals surface area contributed by atoms with Crippen LogP contribution in [0.25, 0.3) is 22.6 Å². The van der Waals surface area contributed by atoms with Crippen LogP contribution in [0.1, 0.15) is 16.9 Å². The Labute approximate surface area is 131 Å². The number of pyridine rings is 1. The standard InChI is InChI=1S/C18H12N2O3/c1-10-6-7-15(23-10)16-12(8-19)18(21)20-17-11-4-2-3-5-14(11)22-9-13(16)17/h2-7H,9H2,1H3,(H,20,21). The fourth-order valence-electron chi connectivity index (χ4n) is 2.91. The minimum atomic E-state index is -0.424. The number of hydrogen-bond donors (Lipinski definition) is 1. The molecular weight excluding hydrogens is 292 g/mol. The molecule has 1 aliphatic heterocycles. The highest BCUT2D eigenvalue weighted by Crippen LogP contribution is 2.40. The molecule has 0 atom stereocenters. The Morgan fingerprint density at radius 1 is 1.22 bits per heavy atom. The van der Waals surface area contributed by atoms with Gasteiger partial charge in [0.1, 0.15) is 35.5 Å². The van der Waals surface area contributed by atoms with Gasteiger partial charge in [-0.1, -0.05) is 12.1 Å². The summed E-state index contributed by atoms with van der Waals surface area (Å²) in [6, 6.07) is 13.1. The van der Waals surface area contributed by atoms with E-state index in [4.69, 9.17) is 9.15 Å². The molecule has 23 heavy (non-hydrogen) atoms. The molecule has 0 bridgehead atoms. The zero-order valence-electron chi connectivity index (χ0n) is 12.3. The number of rotatable bonds is 1. The lowest BCUT2D eigenvalue weighted by atomic mass is 9.94. The van der Waals surface area contributed by atoms with E-state index < -0.39 is 5.56 Å². The average molecular weight is 304 g/mol. The van der Waals surface area contributed by atoms with Gasteiger partial charge in [0.25, 0.3) is 5.56 Å². The highest BCUT2D eigenvalue weighted by atomic mass is 16.5. The van der Waals surface area contributed by atoms with Crippen LogP contribution in [-0.4, -0.2) is 4.98 Å². The van der Waals surface area contributed by atoms with E-state index in [0.717, 1.165) is 16.9 Å². The first-order valence-electron chi connectivity index (χ1n) is 7.17. The molecule has 5 heteroatoms. The first kappa shape index (κ1) is 13.4. The summed E-state index contributed by atoms with van der Waals surface area (Å²) < 4.78 is 11.4. The van der Waals surface area contributed by atoms with Crippen molar-refractivity contribution in [3.63, 3.8) is 0 Å². The quantitative estimate of drug-likeness (QED) is 0.747. The van der Waals surface area contributed by atoms with E-state index in [0.29, 0.717) is 22.8 Å². The third-order valence-corrected chi connectivity index (χ3v) is 3.95. The van der Waals surface area contributed by atoms with Gasteiger partial charge in [-0.05, 0) is 31.2 Å². The lowest BCUT2D eigenvalue weighted by molar-refractivity contribution is 0.301. The molecule has 3 aromatic rings. The minimum Gasteiger partial charge on any atom is -0.488 e. The number of H-pyrrole nitrogens is 1. The second-order valence-corrected chi connectivity index (χ2v) is 5.36. The van der Waals surface area contributed by atoms with Crippen LogP contribution in [0.5, 0.6) is 5.75 Å². The number of fused-ring (bicyclic) bond motifs is 3. The second-order valence-electron chi connectivity index (χ2n) is 5.36. The van der Waals surface area contributed by atoms with Gasteiger partial charge in [0.05, 0.1) is 5.69 Å². The van der Waals surface area contributed by atoms with E-state index in [1.165, 1.54) is 0 Å². The lowest BCUT2D eigenvalue weighted by Crippen LogP contribution is -2.19. The summed E-state index contributed by atoms with van der Waals surface area (Å²) in [4.78, 5) is 15.2. The van der Waals surface area contributed by atoms with E-state index >= 15 is 0 Å². The van der Waals surface area contributed by atoms with Gasteiger partial charge >= 0.3 is 0 Å². The topological polar surface area (TPSA) is 79.0 Å². The van der Waals surface area contributed by atoms with E-state index in [-0.39, 0.29) is 12.2 Å². The summed E-state index contributed by atoms with van der Waals surface area (Å²) in [5.74, 6) is 1.93. The zero-order chi connectivity index (χ0) is 16.0. The summed E-state index contributed by atoms with van der Waals surface area (Å²) in [7, 11) is 0. The molecule has 1 N–H and O–H groups in total. The van der Waals surface area contributed by atoms with E-state index in [1.54, 1.807) is 6.07 Å². The zero-order valence-corrected chi connectivity index (χ0v) is 12.3. The number of furan rings is 1. The van der Waals surface area contributed by atoms with E-state index in [2.05, 4.69) is 4.98 Å². The van der Waals surface area contributed by atoms with Gasteiger partial charge in [-0.25, -0.2) is 0 Å².